The monoisotopic (exact) mass is 353 g/mol. The van der Waals surface area contributed by atoms with Gasteiger partial charge in [0.15, 0.2) is 0 Å². The number of rotatable bonds is 6. The van der Waals surface area contributed by atoms with E-state index in [0.717, 1.165) is 34.1 Å². The second-order valence-electron chi connectivity index (χ2n) is 6.77. The molecule has 25 heavy (non-hydrogen) atoms. The standard InChI is InChI=1S/C19H23N5S/c1-4-11(2)20-19-23-15(13-5-6-13)10-18(24-19)22-14-7-8-17-16(9-14)21-12(3)25-17/h7-11,13H,4-6H2,1-3H3,(H2,20,22,23,24)/t11-/m1/s1. The highest BCUT2D eigenvalue weighted by atomic mass is 32.1. The molecule has 3 aromatic rings. The summed E-state index contributed by atoms with van der Waals surface area (Å²) < 4.78 is 1.21. The first-order valence-electron chi connectivity index (χ1n) is 8.90. The molecule has 0 aliphatic heterocycles. The van der Waals surface area contributed by atoms with Gasteiger partial charge in [-0.2, -0.15) is 4.98 Å². The van der Waals surface area contributed by atoms with Gasteiger partial charge in [0.2, 0.25) is 5.95 Å². The zero-order chi connectivity index (χ0) is 17.4. The fourth-order valence-corrected chi connectivity index (χ4v) is 3.58. The van der Waals surface area contributed by atoms with E-state index in [1.54, 1.807) is 11.3 Å². The average Bonchev–Trinajstić information content (AvgIpc) is 3.36. The van der Waals surface area contributed by atoms with Crippen LogP contribution in [-0.4, -0.2) is 21.0 Å². The van der Waals surface area contributed by atoms with Crippen LogP contribution < -0.4 is 10.6 Å². The number of hydrogen-bond donors (Lipinski definition) is 2. The fraction of sp³-hybridized carbons (Fsp3) is 0.421. The lowest BCUT2D eigenvalue weighted by Gasteiger charge is -2.14. The van der Waals surface area contributed by atoms with E-state index in [1.165, 1.54) is 17.5 Å². The molecule has 1 fully saturated rings. The molecule has 1 aromatic carbocycles. The Morgan fingerprint density at radius 3 is 2.80 bits per heavy atom. The van der Waals surface area contributed by atoms with Crippen molar-refractivity contribution in [3.05, 3.63) is 35.0 Å². The summed E-state index contributed by atoms with van der Waals surface area (Å²) in [5.74, 6) is 2.14. The van der Waals surface area contributed by atoms with Gasteiger partial charge in [-0.3, -0.25) is 0 Å². The lowest BCUT2D eigenvalue weighted by Crippen LogP contribution is -2.16. The minimum atomic E-state index is 0.358. The van der Waals surface area contributed by atoms with Crippen LogP contribution in [0.25, 0.3) is 10.2 Å². The van der Waals surface area contributed by atoms with Crippen LogP contribution in [0.15, 0.2) is 24.3 Å². The third-order valence-electron chi connectivity index (χ3n) is 4.50. The molecular weight excluding hydrogens is 330 g/mol. The average molecular weight is 353 g/mol. The third kappa shape index (κ3) is 3.74. The quantitative estimate of drug-likeness (QED) is 0.635. The molecule has 4 rings (SSSR count). The van der Waals surface area contributed by atoms with Gasteiger partial charge in [0.05, 0.1) is 20.9 Å². The Balaban J connectivity index is 1.63. The van der Waals surface area contributed by atoms with Crippen molar-refractivity contribution in [3.8, 4) is 0 Å². The van der Waals surface area contributed by atoms with E-state index < -0.39 is 0 Å². The predicted octanol–water partition coefficient (Wildman–Crippen LogP) is 5.23. The molecule has 5 nitrogen and oxygen atoms in total. The van der Waals surface area contributed by atoms with Crippen LogP contribution in [0.3, 0.4) is 0 Å². The Kier molecular flexibility index (Phi) is 4.29. The first-order valence-corrected chi connectivity index (χ1v) is 9.72. The number of nitrogens with zero attached hydrogens (tertiary/aromatic N) is 3. The summed E-state index contributed by atoms with van der Waals surface area (Å²) >= 11 is 1.72. The largest absolute Gasteiger partial charge is 0.352 e. The molecule has 2 aromatic heterocycles. The molecule has 0 saturated heterocycles. The van der Waals surface area contributed by atoms with Crippen LogP contribution in [0.4, 0.5) is 17.5 Å². The van der Waals surface area contributed by atoms with Crippen molar-refractivity contribution in [2.24, 2.45) is 0 Å². The van der Waals surface area contributed by atoms with Gasteiger partial charge in [0.25, 0.3) is 0 Å². The first kappa shape index (κ1) is 16.3. The van der Waals surface area contributed by atoms with Crippen LogP contribution in [0.5, 0.6) is 0 Å². The Morgan fingerprint density at radius 1 is 1.20 bits per heavy atom. The summed E-state index contributed by atoms with van der Waals surface area (Å²) in [5.41, 5.74) is 3.17. The number of benzene rings is 1. The van der Waals surface area contributed by atoms with Crippen LogP contribution in [0.1, 0.15) is 49.7 Å². The van der Waals surface area contributed by atoms with Crippen molar-refractivity contribution in [1.29, 1.82) is 0 Å². The summed E-state index contributed by atoms with van der Waals surface area (Å²) in [6, 6.07) is 8.72. The molecular formula is C19H23N5S. The maximum Gasteiger partial charge on any atom is 0.225 e. The van der Waals surface area contributed by atoms with E-state index in [1.807, 2.05) is 6.92 Å². The fourth-order valence-electron chi connectivity index (χ4n) is 2.77. The lowest BCUT2D eigenvalue weighted by atomic mass is 10.2. The second-order valence-corrected chi connectivity index (χ2v) is 8.00. The molecule has 6 heteroatoms. The number of nitrogens with one attached hydrogen (secondary N) is 2. The minimum Gasteiger partial charge on any atom is -0.352 e. The van der Waals surface area contributed by atoms with Crippen LogP contribution in [0.2, 0.25) is 0 Å². The highest BCUT2D eigenvalue weighted by Gasteiger charge is 2.26. The second kappa shape index (κ2) is 6.59. The topological polar surface area (TPSA) is 62.7 Å². The zero-order valence-corrected chi connectivity index (χ0v) is 15.7. The van der Waals surface area contributed by atoms with E-state index in [-0.39, 0.29) is 0 Å². The summed E-state index contributed by atoms with van der Waals surface area (Å²) in [6.07, 6.45) is 3.49. The van der Waals surface area contributed by atoms with Gasteiger partial charge < -0.3 is 10.6 Å². The summed E-state index contributed by atoms with van der Waals surface area (Å²) in [7, 11) is 0. The molecule has 0 unspecified atom stereocenters. The van der Waals surface area contributed by atoms with Crippen molar-refractivity contribution in [1.82, 2.24) is 15.0 Å². The number of anilines is 3. The molecule has 2 heterocycles. The number of aryl methyl sites for hydroxylation is 1. The Hall–Kier alpha value is -2.21. The number of hydrogen-bond acceptors (Lipinski definition) is 6. The molecule has 1 saturated carbocycles. The predicted molar refractivity (Wildman–Crippen MR) is 105 cm³/mol. The lowest BCUT2D eigenvalue weighted by molar-refractivity contribution is 0.750. The normalized spacial score (nSPS) is 15.3. The minimum absolute atomic E-state index is 0.358. The van der Waals surface area contributed by atoms with E-state index in [4.69, 9.17) is 4.98 Å². The van der Waals surface area contributed by atoms with Gasteiger partial charge in [-0.15, -0.1) is 11.3 Å². The van der Waals surface area contributed by atoms with Crippen molar-refractivity contribution >= 4 is 39.0 Å². The summed E-state index contributed by atoms with van der Waals surface area (Å²) in [5, 5.41) is 7.92. The van der Waals surface area contributed by atoms with Gasteiger partial charge in [0, 0.05) is 23.7 Å². The van der Waals surface area contributed by atoms with Crippen LogP contribution in [-0.2, 0) is 0 Å². The number of thiazole rings is 1. The van der Waals surface area contributed by atoms with Gasteiger partial charge in [-0.1, -0.05) is 6.92 Å². The van der Waals surface area contributed by atoms with Crippen LogP contribution in [0, 0.1) is 6.92 Å². The SMILES string of the molecule is CC[C@@H](C)Nc1nc(Nc2ccc3sc(C)nc3c2)cc(C2CC2)n1. The van der Waals surface area contributed by atoms with Gasteiger partial charge >= 0.3 is 0 Å². The molecule has 130 valence electrons. The molecule has 0 radical (unpaired) electrons. The smallest absolute Gasteiger partial charge is 0.225 e. The third-order valence-corrected chi connectivity index (χ3v) is 5.45. The highest BCUT2D eigenvalue weighted by molar-refractivity contribution is 7.18. The molecule has 0 amide bonds. The van der Waals surface area contributed by atoms with Gasteiger partial charge in [-0.05, 0) is 51.3 Å². The van der Waals surface area contributed by atoms with Crippen molar-refractivity contribution in [3.63, 3.8) is 0 Å². The van der Waals surface area contributed by atoms with E-state index in [2.05, 4.69) is 58.7 Å². The maximum atomic E-state index is 4.71. The van der Waals surface area contributed by atoms with Crippen molar-refractivity contribution < 1.29 is 0 Å². The summed E-state index contributed by atoms with van der Waals surface area (Å²) in [4.78, 5) is 13.9. The summed E-state index contributed by atoms with van der Waals surface area (Å²) in [6.45, 7) is 6.35. The first-order chi connectivity index (χ1) is 12.1. The number of fused-ring (bicyclic) bond motifs is 1. The van der Waals surface area contributed by atoms with E-state index >= 15 is 0 Å². The molecule has 1 atom stereocenters. The molecule has 2 N–H and O–H groups in total. The van der Waals surface area contributed by atoms with Crippen LogP contribution >= 0.6 is 11.3 Å². The van der Waals surface area contributed by atoms with Crippen molar-refractivity contribution in [2.45, 2.75) is 52.0 Å². The zero-order valence-electron chi connectivity index (χ0n) is 14.8. The Bertz CT molecular complexity index is 900. The number of aromatic nitrogens is 3. The van der Waals surface area contributed by atoms with Crippen molar-refractivity contribution in [2.75, 3.05) is 10.6 Å². The highest BCUT2D eigenvalue weighted by Crippen LogP contribution is 2.40. The van der Waals surface area contributed by atoms with Gasteiger partial charge in [-0.25, -0.2) is 9.97 Å². The van der Waals surface area contributed by atoms with Gasteiger partial charge in [0.1, 0.15) is 5.82 Å². The Morgan fingerprint density at radius 2 is 2.04 bits per heavy atom. The molecule has 1 aliphatic carbocycles. The molecule has 0 spiro atoms. The van der Waals surface area contributed by atoms with E-state index in [0.29, 0.717) is 17.9 Å². The Labute approximate surface area is 151 Å². The maximum absolute atomic E-state index is 4.71. The molecule has 0 bridgehead atoms. The van der Waals surface area contributed by atoms with E-state index in [9.17, 15) is 0 Å². The molecule has 1 aliphatic rings.